The van der Waals surface area contributed by atoms with Crippen LogP contribution in [0.5, 0.6) is 0 Å². The molecule has 6 heteroatoms. The molecule has 1 N–H and O–H groups in total. The molecule has 0 unspecified atom stereocenters. The number of benzene rings is 2. The standard InChI is InChI=1S/C25H26N2O4/c1-3-31-25(30)23-22(21(18(2)16-26-23)20-12-8-5-9-13-20)24(29)27(14-15-28)17-19-10-6-4-7-11-19/h4-13,16,28H,3,14-15,17H2,1-2H3. The third-order valence-corrected chi connectivity index (χ3v) is 4.89. The first-order valence-electron chi connectivity index (χ1n) is 10.2. The predicted octanol–water partition coefficient (Wildman–Crippen LogP) is 3.87. The highest BCUT2D eigenvalue weighted by atomic mass is 16.5. The lowest BCUT2D eigenvalue weighted by molar-refractivity contribution is 0.0510. The Balaban J connectivity index is 2.16. The maximum Gasteiger partial charge on any atom is 0.357 e. The van der Waals surface area contributed by atoms with Gasteiger partial charge in [0.05, 0.1) is 18.8 Å². The van der Waals surface area contributed by atoms with Gasteiger partial charge in [0, 0.05) is 24.8 Å². The van der Waals surface area contributed by atoms with Crippen LogP contribution in [-0.4, -0.2) is 46.6 Å². The van der Waals surface area contributed by atoms with Crippen molar-refractivity contribution in [3.8, 4) is 11.1 Å². The summed E-state index contributed by atoms with van der Waals surface area (Å²) in [5.41, 5.74) is 3.30. The van der Waals surface area contributed by atoms with Gasteiger partial charge in [-0.1, -0.05) is 60.7 Å². The average molecular weight is 418 g/mol. The molecular formula is C25H26N2O4. The highest BCUT2D eigenvalue weighted by molar-refractivity contribution is 6.09. The van der Waals surface area contributed by atoms with Crippen molar-refractivity contribution in [1.82, 2.24) is 9.88 Å². The Kier molecular flexibility index (Phi) is 7.51. The van der Waals surface area contributed by atoms with Crippen LogP contribution in [0.4, 0.5) is 0 Å². The van der Waals surface area contributed by atoms with Gasteiger partial charge in [-0.05, 0) is 30.5 Å². The SMILES string of the molecule is CCOC(=O)c1ncc(C)c(-c2ccccc2)c1C(=O)N(CCO)Cc1ccccc1. The fourth-order valence-corrected chi connectivity index (χ4v) is 3.48. The lowest BCUT2D eigenvalue weighted by atomic mass is 9.94. The molecule has 0 fully saturated rings. The molecule has 1 heterocycles. The van der Waals surface area contributed by atoms with E-state index in [9.17, 15) is 14.7 Å². The number of aliphatic hydroxyl groups excluding tert-OH is 1. The van der Waals surface area contributed by atoms with Crippen LogP contribution in [0.15, 0.2) is 66.9 Å². The normalized spacial score (nSPS) is 10.5. The Morgan fingerprint density at radius 3 is 2.29 bits per heavy atom. The number of pyridine rings is 1. The average Bonchev–Trinajstić information content (AvgIpc) is 2.79. The Hall–Kier alpha value is -3.51. The lowest BCUT2D eigenvalue weighted by Gasteiger charge is -2.25. The summed E-state index contributed by atoms with van der Waals surface area (Å²) < 4.78 is 5.19. The van der Waals surface area contributed by atoms with E-state index in [0.717, 1.165) is 16.7 Å². The second-order valence-electron chi connectivity index (χ2n) is 7.06. The number of rotatable bonds is 8. The van der Waals surface area contributed by atoms with E-state index in [4.69, 9.17) is 4.74 Å². The summed E-state index contributed by atoms with van der Waals surface area (Å²) in [5, 5.41) is 9.61. The number of ether oxygens (including phenoxy) is 1. The summed E-state index contributed by atoms with van der Waals surface area (Å²) in [7, 11) is 0. The van der Waals surface area contributed by atoms with Crippen molar-refractivity contribution in [3.05, 3.63) is 89.2 Å². The highest BCUT2D eigenvalue weighted by Crippen LogP contribution is 2.30. The first-order chi connectivity index (χ1) is 15.1. The van der Waals surface area contributed by atoms with Crippen LogP contribution in [0.1, 0.15) is 38.9 Å². The quantitative estimate of drug-likeness (QED) is 0.562. The number of aromatic nitrogens is 1. The van der Waals surface area contributed by atoms with Crippen LogP contribution in [0.2, 0.25) is 0 Å². The molecule has 0 aliphatic carbocycles. The monoisotopic (exact) mass is 418 g/mol. The van der Waals surface area contributed by atoms with Gasteiger partial charge >= 0.3 is 5.97 Å². The van der Waals surface area contributed by atoms with E-state index in [2.05, 4.69) is 4.98 Å². The Labute approximate surface area is 182 Å². The fraction of sp³-hybridized carbons (Fsp3) is 0.240. The minimum Gasteiger partial charge on any atom is -0.461 e. The summed E-state index contributed by atoms with van der Waals surface area (Å²) in [6, 6.07) is 18.9. The van der Waals surface area contributed by atoms with Crippen LogP contribution < -0.4 is 0 Å². The van der Waals surface area contributed by atoms with Gasteiger partial charge in [0.25, 0.3) is 5.91 Å². The largest absolute Gasteiger partial charge is 0.461 e. The van der Waals surface area contributed by atoms with Gasteiger partial charge in [-0.3, -0.25) is 4.79 Å². The van der Waals surface area contributed by atoms with Gasteiger partial charge in [0.2, 0.25) is 0 Å². The second kappa shape index (κ2) is 10.5. The van der Waals surface area contributed by atoms with E-state index >= 15 is 0 Å². The molecule has 0 spiro atoms. The number of nitrogens with zero attached hydrogens (tertiary/aromatic N) is 2. The molecule has 31 heavy (non-hydrogen) atoms. The summed E-state index contributed by atoms with van der Waals surface area (Å²) in [6.45, 7) is 3.96. The van der Waals surface area contributed by atoms with Gasteiger partial charge in [0.15, 0.2) is 5.69 Å². The van der Waals surface area contributed by atoms with Gasteiger partial charge in [-0.25, -0.2) is 9.78 Å². The predicted molar refractivity (Wildman–Crippen MR) is 119 cm³/mol. The van der Waals surface area contributed by atoms with Crippen molar-refractivity contribution in [2.75, 3.05) is 19.8 Å². The van der Waals surface area contributed by atoms with E-state index in [1.807, 2.05) is 67.6 Å². The van der Waals surface area contributed by atoms with Crippen molar-refractivity contribution in [3.63, 3.8) is 0 Å². The van der Waals surface area contributed by atoms with Crippen LogP contribution in [0.25, 0.3) is 11.1 Å². The third kappa shape index (κ3) is 5.16. The minimum absolute atomic E-state index is 0.0210. The summed E-state index contributed by atoms with van der Waals surface area (Å²) in [4.78, 5) is 32.3. The number of amides is 1. The molecule has 1 amide bonds. The molecule has 0 atom stereocenters. The van der Waals surface area contributed by atoms with Crippen LogP contribution >= 0.6 is 0 Å². The minimum atomic E-state index is -0.647. The maximum atomic E-state index is 13.8. The highest BCUT2D eigenvalue weighted by Gasteiger charge is 2.29. The molecule has 1 aromatic heterocycles. The smallest absolute Gasteiger partial charge is 0.357 e. The molecule has 160 valence electrons. The Morgan fingerprint density at radius 1 is 1.03 bits per heavy atom. The summed E-state index contributed by atoms with van der Waals surface area (Å²) >= 11 is 0. The first kappa shape index (κ1) is 22.2. The van der Waals surface area contributed by atoms with E-state index in [-0.39, 0.29) is 36.9 Å². The van der Waals surface area contributed by atoms with Gasteiger partial charge < -0.3 is 14.7 Å². The molecule has 0 saturated heterocycles. The van der Waals surface area contributed by atoms with E-state index in [0.29, 0.717) is 12.1 Å². The summed E-state index contributed by atoms with van der Waals surface area (Å²) in [6.07, 6.45) is 1.58. The zero-order valence-corrected chi connectivity index (χ0v) is 17.7. The molecule has 6 nitrogen and oxygen atoms in total. The van der Waals surface area contributed by atoms with E-state index < -0.39 is 5.97 Å². The molecule has 0 saturated carbocycles. The zero-order chi connectivity index (χ0) is 22.2. The topological polar surface area (TPSA) is 79.7 Å². The number of hydrogen-bond acceptors (Lipinski definition) is 5. The molecule has 3 rings (SSSR count). The molecular weight excluding hydrogens is 392 g/mol. The van der Waals surface area contributed by atoms with E-state index in [1.54, 1.807) is 13.1 Å². The number of carbonyl (C=O) groups excluding carboxylic acids is 2. The van der Waals surface area contributed by atoms with Crippen molar-refractivity contribution in [2.45, 2.75) is 20.4 Å². The number of aliphatic hydroxyl groups is 1. The van der Waals surface area contributed by atoms with Crippen molar-refractivity contribution >= 4 is 11.9 Å². The van der Waals surface area contributed by atoms with Crippen LogP contribution in [0, 0.1) is 6.92 Å². The third-order valence-electron chi connectivity index (χ3n) is 4.89. The lowest BCUT2D eigenvalue weighted by Crippen LogP contribution is -2.35. The van der Waals surface area contributed by atoms with Crippen LogP contribution in [0.3, 0.4) is 0 Å². The molecule has 0 aliphatic heterocycles. The Morgan fingerprint density at radius 2 is 1.68 bits per heavy atom. The molecule has 3 aromatic rings. The molecule has 0 aliphatic rings. The summed E-state index contributed by atoms with van der Waals surface area (Å²) in [5.74, 6) is -1.03. The van der Waals surface area contributed by atoms with E-state index in [1.165, 1.54) is 4.90 Å². The zero-order valence-electron chi connectivity index (χ0n) is 17.7. The fourth-order valence-electron chi connectivity index (χ4n) is 3.48. The number of aryl methyl sites for hydroxylation is 1. The maximum absolute atomic E-state index is 13.8. The van der Waals surface area contributed by atoms with Gasteiger partial charge in [-0.2, -0.15) is 0 Å². The van der Waals surface area contributed by atoms with Crippen molar-refractivity contribution in [2.24, 2.45) is 0 Å². The number of hydrogen-bond donors (Lipinski definition) is 1. The number of carbonyl (C=O) groups is 2. The van der Waals surface area contributed by atoms with Gasteiger partial charge in [-0.15, -0.1) is 0 Å². The Bertz CT molecular complexity index is 1040. The van der Waals surface area contributed by atoms with Gasteiger partial charge in [0.1, 0.15) is 0 Å². The van der Waals surface area contributed by atoms with Crippen LogP contribution in [-0.2, 0) is 11.3 Å². The molecule has 0 radical (unpaired) electrons. The molecule has 2 aromatic carbocycles. The molecule has 0 bridgehead atoms. The first-order valence-corrected chi connectivity index (χ1v) is 10.2. The van der Waals surface area contributed by atoms with Crippen molar-refractivity contribution in [1.29, 1.82) is 0 Å². The number of esters is 1. The van der Waals surface area contributed by atoms with Crippen molar-refractivity contribution < 1.29 is 19.4 Å². The second-order valence-corrected chi connectivity index (χ2v) is 7.06.